The van der Waals surface area contributed by atoms with E-state index in [1.807, 2.05) is 11.0 Å². The highest BCUT2D eigenvalue weighted by Gasteiger charge is 2.20. The average Bonchev–Trinajstić information content (AvgIpc) is 2.85. The van der Waals surface area contributed by atoms with Crippen molar-refractivity contribution in [1.29, 1.82) is 5.41 Å². The first-order valence-corrected chi connectivity index (χ1v) is 14.4. The van der Waals surface area contributed by atoms with E-state index in [4.69, 9.17) is 15.3 Å². The monoisotopic (exact) mass is 558 g/mol. The van der Waals surface area contributed by atoms with Crippen molar-refractivity contribution in [2.75, 3.05) is 35.1 Å². The fourth-order valence-corrected chi connectivity index (χ4v) is 5.39. The molecule has 12 nitrogen and oxygen atoms in total. The van der Waals surface area contributed by atoms with Gasteiger partial charge >= 0.3 is 6.03 Å². The third kappa shape index (κ3) is 7.07. The number of hydrogen-bond donors (Lipinski definition) is 5. The fourth-order valence-electron chi connectivity index (χ4n) is 3.75. The number of carbonyl (C=O) groups excluding carboxylic acids is 1. The normalized spacial score (nSPS) is 14.4. The summed E-state index contributed by atoms with van der Waals surface area (Å²) in [6, 6.07) is 17.3. The molecule has 0 atom stereocenters. The summed E-state index contributed by atoms with van der Waals surface area (Å²) in [6.07, 6.45) is 0. The predicted molar refractivity (Wildman–Crippen MR) is 143 cm³/mol. The van der Waals surface area contributed by atoms with Crippen molar-refractivity contribution in [1.82, 2.24) is 4.90 Å². The summed E-state index contributed by atoms with van der Waals surface area (Å²) >= 11 is 0. The lowest BCUT2D eigenvalue weighted by atomic mass is 10.2. The lowest BCUT2D eigenvalue weighted by Crippen LogP contribution is -2.38. The van der Waals surface area contributed by atoms with Crippen LogP contribution in [0, 0.1) is 5.41 Å². The Morgan fingerprint density at radius 3 is 2.39 bits per heavy atom. The molecule has 1 fully saturated rings. The lowest BCUT2D eigenvalue weighted by molar-refractivity contribution is 0.158. The maximum Gasteiger partial charge on any atom is 0.323 e. The first-order chi connectivity index (χ1) is 18.0. The number of hydrogen-bond acceptors (Lipinski definition) is 8. The SMILES string of the molecule is N=C1CN(Cc2cccc(NC(=O)Nc3cc(S(N)(=O)=O)ccc3NS(=O)(=O)c3ccccc3)c2)CCO1. The number of benzene rings is 3. The molecule has 4 rings (SSSR count). The first kappa shape index (κ1) is 27.1. The Morgan fingerprint density at radius 1 is 0.921 bits per heavy atom. The van der Waals surface area contributed by atoms with Crippen LogP contribution in [-0.2, 0) is 31.3 Å². The molecular weight excluding hydrogens is 532 g/mol. The number of amides is 2. The second kappa shape index (κ2) is 11.2. The van der Waals surface area contributed by atoms with Gasteiger partial charge in [0.05, 0.1) is 27.7 Å². The van der Waals surface area contributed by atoms with Crippen LogP contribution in [0.1, 0.15) is 5.56 Å². The van der Waals surface area contributed by atoms with Gasteiger partial charge in [-0.15, -0.1) is 0 Å². The topological polar surface area (TPSA) is 184 Å². The molecule has 0 radical (unpaired) electrons. The molecule has 1 aliphatic rings. The number of nitrogens with zero attached hydrogens (tertiary/aromatic N) is 1. The molecule has 2 amide bonds. The molecule has 1 saturated heterocycles. The van der Waals surface area contributed by atoms with Gasteiger partial charge in [0, 0.05) is 18.8 Å². The van der Waals surface area contributed by atoms with Crippen LogP contribution in [0.4, 0.5) is 21.9 Å². The zero-order valence-electron chi connectivity index (χ0n) is 20.0. The largest absolute Gasteiger partial charge is 0.479 e. The first-order valence-electron chi connectivity index (χ1n) is 11.3. The third-order valence-electron chi connectivity index (χ3n) is 5.51. The van der Waals surface area contributed by atoms with E-state index < -0.39 is 26.1 Å². The van der Waals surface area contributed by atoms with Gasteiger partial charge in [0.25, 0.3) is 10.0 Å². The van der Waals surface area contributed by atoms with E-state index >= 15 is 0 Å². The molecule has 0 bridgehead atoms. The van der Waals surface area contributed by atoms with Crippen molar-refractivity contribution in [3.8, 4) is 0 Å². The van der Waals surface area contributed by atoms with Crippen molar-refractivity contribution in [2.45, 2.75) is 16.3 Å². The number of anilines is 3. The summed E-state index contributed by atoms with van der Waals surface area (Å²) in [5.74, 6) is 0.199. The Bertz CT molecular complexity index is 1560. The number of nitrogens with one attached hydrogen (secondary N) is 4. The Hall–Kier alpha value is -3.98. The maximum atomic E-state index is 12.8. The molecule has 6 N–H and O–H groups in total. The Kier molecular flexibility index (Phi) is 7.97. The van der Waals surface area contributed by atoms with Gasteiger partial charge in [-0.2, -0.15) is 0 Å². The summed E-state index contributed by atoms with van der Waals surface area (Å²) < 4.78 is 57.0. The van der Waals surface area contributed by atoms with E-state index in [1.165, 1.54) is 18.2 Å². The second-order valence-corrected chi connectivity index (χ2v) is 11.7. The third-order valence-corrected chi connectivity index (χ3v) is 7.80. The summed E-state index contributed by atoms with van der Waals surface area (Å²) in [5, 5.41) is 18.1. The van der Waals surface area contributed by atoms with Gasteiger partial charge in [0.1, 0.15) is 6.61 Å². The number of urea groups is 1. The van der Waals surface area contributed by atoms with Crippen LogP contribution in [0.2, 0.25) is 0 Å². The second-order valence-electron chi connectivity index (χ2n) is 8.43. The number of ether oxygens (including phenoxy) is 1. The van der Waals surface area contributed by atoms with Gasteiger partial charge in [0.2, 0.25) is 10.0 Å². The Morgan fingerprint density at radius 2 is 1.68 bits per heavy atom. The van der Waals surface area contributed by atoms with Gasteiger partial charge in [-0.05, 0) is 48.0 Å². The van der Waals surface area contributed by atoms with E-state index in [9.17, 15) is 21.6 Å². The molecule has 0 saturated carbocycles. The van der Waals surface area contributed by atoms with E-state index in [-0.39, 0.29) is 27.1 Å². The van der Waals surface area contributed by atoms with Crippen molar-refractivity contribution in [3.63, 3.8) is 0 Å². The number of primary sulfonamides is 1. The summed E-state index contributed by atoms with van der Waals surface area (Å²) in [7, 11) is -8.17. The predicted octanol–water partition coefficient (Wildman–Crippen LogP) is 2.59. The van der Waals surface area contributed by atoms with E-state index in [0.717, 1.165) is 17.7 Å². The number of rotatable bonds is 8. The van der Waals surface area contributed by atoms with Crippen LogP contribution in [0.5, 0.6) is 0 Å². The van der Waals surface area contributed by atoms with Crippen LogP contribution in [0.3, 0.4) is 0 Å². The molecule has 0 aliphatic carbocycles. The minimum atomic E-state index is -4.13. The molecule has 14 heteroatoms. The van der Waals surface area contributed by atoms with E-state index in [2.05, 4.69) is 15.4 Å². The summed E-state index contributed by atoms with van der Waals surface area (Å²) in [5.41, 5.74) is 1.18. The minimum absolute atomic E-state index is 0.0156. The molecule has 3 aromatic rings. The van der Waals surface area contributed by atoms with Crippen molar-refractivity contribution < 1.29 is 26.4 Å². The summed E-state index contributed by atoms with van der Waals surface area (Å²) in [6.45, 7) is 2.04. The van der Waals surface area contributed by atoms with E-state index in [1.54, 1.807) is 36.4 Å². The minimum Gasteiger partial charge on any atom is -0.479 e. The maximum absolute atomic E-state index is 12.8. The number of morpholine rings is 1. The van der Waals surface area contributed by atoms with Gasteiger partial charge in [-0.25, -0.2) is 26.8 Å². The lowest BCUT2D eigenvalue weighted by Gasteiger charge is -2.27. The molecule has 1 aliphatic heterocycles. The highest BCUT2D eigenvalue weighted by atomic mass is 32.2. The molecule has 3 aromatic carbocycles. The summed E-state index contributed by atoms with van der Waals surface area (Å²) in [4.78, 5) is 14.5. The van der Waals surface area contributed by atoms with Crippen LogP contribution < -0.4 is 20.5 Å². The van der Waals surface area contributed by atoms with Crippen LogP contribution in [-0.4, -0.2) is 53.4 Å². The Labute approximate surface area is 220 Å². The van der Waals surface area contributed by atoms with Gasteiger partial charge in [0.15, 0.2) is 5.90 Å². The highest BCUT2D eigenvalue weighted by Crippen LogP contribution is 2.28. The van der Waals surface area contributed by atoms with Gasteiger partial charge in [-0.1, -0.05) is 30.3 Å². The molecule has 0 unspecified atom stereocenters. The zero-order valence-corrected chi connectivity index (χ0v) is 21.7. The average molecular weight is 559 g/mol. The van der Waals surface area contributed by atoms with Crippen LogP contribution >= 0.6 is 0 Å². The zero-order chi connectivity index (χ0) is 27.3. The molecule has 0 spiro atoms. The molecular formula is C24H26N6O6S2. The number of sulfonamides is 2. The van der Waals surface area contributed by atoms with Crippen molar-refractivity contribution >= 4 is 49.0 Å². The molecule has 38 heavy (non-hydrogen) atoms. The molecule has 200 valence electrons. The van der Waals surface area contributed by atoms with Crippen LogP contribution in [0.25, 0.3) is 0 Å². The fraction of sp³-hybridized carbons (Fsp3) is 0.167. The van der Waals surface area contributed by atoms with Crippen LogP contribution in [0.15, 0.2) is 82.6 Å². The van der Waals surface area contributed by atoms with Gasteiger partial charge < -0.3 is 15.4 Å². The van der Waals surface area contributed by atoms with Gasteiger partial charge in [-0.3, -0.25) is 15.0 Å². The standard InChI is InChI=1S/C24H26N6O6S2/c25-23-16-30(11-12-36-23)15-17-5-4-6-18(13-17)27-24(31)28-22-14-20(37(26,32)33)9-10-21(22)29-38(34,35)19-7-2-1-3-8-19/h1-10,13-14,25,29H,11-12,15-16H2,(H2,26,32,33)(H2,27,28,31). The number of carbonyl (C=O) groups is 1. The molecule has 1 heterocycles. The van der Waals surface area contributed by atoms with E-state index in [0.29, 0.717) is 31.9 Å². The van der Waals surface area contributed by atoms with Crippen molar-refractivity contribution in [2.24, 2.45) is 5.14 Å². The quantitative estimate of drug-likeness (QED) is 0.281. The Balaban J connectivity index is 1.53. The highest BCUT2D eigenvalue weighted by molar-refractivity contribution is 7.92. The number of nitrogens with two attached hydrogens (primary N) is 1. The molecule has 0 aromatic heterocycles. The van der Waals surface area contributed by atoms with Crippen molar-refractivity contribution in [3.05, 3.63) is 78.4 Å². The smallest absolute Gasteiger partial charge is 0.323 e.